The van der Waals surface area contributed by atoms with E-state index in [0.29, 0.717) is 17.9 Å². The molecule has 1 aromatic carbocycles. The summed E-state index contributed by atoms with van der Waals surface area (Å²) in [7, 11) is 0. The molecule has 1 nitrogen and oxygen atoms in total. The van der Waals surface area contributed by atoms with Gasteiger partial charge in [-0.15, -0.1) is 0 Å². The Labute approximate surface area is 110 Å². The predicted molar refractivity (Wildman–Crippen MR) is 73.9 cm³/mol. The first-order valence-electron chi connectivity index (χ1n) is 6.90. The van der Waals surface area contributed by atoms with Gasteiger partial charge in [0.2, 0.25) is 0 Å². The minimum absolute atomic E-state index is 0.166. The average Bonchev–Trinajstić information content (AvgIpc) is 2.39. The fourth-order valence-electron chi connectivity index (χ4n) is 2.82. The Hall–Kier alpha value is -0.890. The molecule has 18 heavy (non-hydrogen) atoms. The Morgan fingerprint density at radius 2 is 1.72 bits per heavy atom. The quantitative estimate of drug-likeness (QED) is 0.785. The Morgan fingerprint density at radius 3 is 2.22 bits per heavy atom. The Bertz CT molecular complexity index is 363. The van der Waals surface area contributed by atoms with Gasteiger partial charge in [-0.3, -0.25) is 0 Å². The van der Waals surface area contributed by atoms with Crippen molar-refractivity contribution in [1.29, 1.82) is 0 Å². The maximum absolute atomic E-state index is 12.9. The summed E-state index contributed by atoms with van der Waals surface area (Å²) in [6, 6.07) is 7.47. The zero-order valence-corrected chi connectivity index (χ0v) is 11.4. The first kappa shape index (κ1) is 13.5. The highest BCUT2D eigenvalue weighted by molar-refractivity contribution is 5.22. The zero-order chi connectivity index (χ0) is 13.1. The molecule has 1 unspecified atom stereocenters. The molecule has 1 radical (unpaired) electrons. The Balaban J connectivity index is 1.95. The second-order valence-electron chi connectivity index (χ2n) is 5.63. The minimum atomic E-state index is -0.166. The summed E-state index contributed by atoms with van der Waals surface area (Å²) in [5.74, 6) is 0.756. The van der Waals surface area contributed by atoms with Gasteiger partial charge in [-0.05, 0) is 76.2 Å². The van der Waals surface area contributed by atoms with Crippen molar-refractivity contribution in [3.8, 4) is 0 Å². The molecule has 2 heteroatoms. The van der Waals surface area contributed by atoms with E-state index in [1.807, 2.05) is 12.1 Å². The Morgan fingerprint density at radius 1 is 1.17 bits per heavy atom. The largest absolute Gasteiger partial charge is 0.301 e. The van der Waals surface area contributed by atoms with Gasteiger partial charge >= 0.3 is 0 Å². The number of piperidine rings is 1. The van der Waals surface area contributed by atoms with Gasteiger partial charge in [-0.2, -0.15) is 0 Å². The highest BCUT2D eigenvalue weighted by Crippen LogP contribution is 2.32. The molecule has 0 bridgehead atoms. The van der Waals surface area contributed by atoms with Gasteiger partial charge in [0.05, 0.1) is 0 Å². The maximum Gasteiger partial charge on any atom is 0.123 e. The number of halogens is 1. The monoisotopic (exact) mass is 248 g/mol. The van der Waals surface area contributed by atoms with Crippen LogP contribution in [0.4, 0.5) is 4.39 Å². The molecular formula is C16H23FN. The summed E-state index contributed by atoms with van der Waals surface area (Å²) in [6.45, 7) is 11.1. The van der Waals surface area contributed by atoms with Crippen LogP contribution in [0.1, 0.15) is 38.2 Å². The molecule has 1 aromatic rings. The van der Waals surface area contributed by atoms with Crippen LogP contribution in [0.25, 0.3) is 0 Å². The van der Waals surface area contributed by atoms with Crippen LogP contribution in [-0.2, 0) is 0 Å². The van der Waals surface area contributed by atoms with Crippen LogP contribution in [0, 0.1) is 18.7 Å². The first-order valence-corrected chi connectivity index (χ1v) is 6.90. The van der Waals surface area contributed by atoms with Crippen molar-refractivity contribution in [2.24, 2.45) is 5.92 Å². The standard InChI is InChI=1S/C16H23FN/c1-12(2)18-10-8-15(9-11-18)13(3)14-4-6-16(17)7-5-14/h4-7,12-13,15H,3,8-11H2,1-2H3. The molecule has 1 aliphatic rings. The van der Waals surface area contributed by atoms with E-state index in [-0.39, 0.29) is 5.82 Å². The fraction of sp³-hybridized carbons (Fsp3) is 0.562. The van der Waals surface area contributed by atoms with E-state index in [1.165, 1.54) is 30.5 Å². The van der Waals surface area contributed by atoms with E-state index in [0.717, 1.165) is 13.1 Å². The molecule has 1 saturated heterocycles. The van der Waals surface area contributed by atoms with Crippen LogP contribution in [0.2, 0.25) is 0 Å². The van der Waals surface area contributed by atoms with Gasteiger partial charge in [-0.1, -0.05) is 12.1 Å². The normalized spacial score (nSPS) is 20.3. The molecule has 1 heterocycles. The molecule has 0 aromatic heterocycles. The number of hydrogen-bond acceptors (Lipinski definition) is 1. The number of benzene rings is 1. The Kier molecular flexibility index (Phi) is 4.39. The van der Waals surface area contributed by atoms with Gasteiger partial charge < -0.3 is 4.90 Å². The smallest absolute Gasteiger partial charge is 0.123 e. The second-order valence-corrected chi connectivity index (χ2v) is 5.63. The van der Waals surface area contributed by atoms with Crippen LogP contribution in [0.3, 0.4) is 0 Å². The van der Waals surface area contributed by atoms with Crippen molar-refractivity contribution in [3.05, 3.63) is 42.6 Å². The predicted octanol–water partition coefficient (Wildman–Crippen LogP) is 3.86. The van der Waals surface area contributed by atoms with E-state index < -0.39 is 0 Å². The molecule has 0 aliphatic carbocycles. The summed E-state index contributed by atoms with van der Waals surface area (Å²) in [4.78, 5) is 2.52. The highest BCUT2D eigenvalue weighted by atomic mass is 19.1. The van der Waals surface area contributed by atoms with Crippen LogP contribution >= 0.6 is 0 Å². The molecule has 0 spiro atoms. The van der Waals surface area contributed by atoms with Gasteiger partial charge in [0.25, 0.3) is 0 Å². The summed E-state index contributed by atoms with van der Waals surface area (Å²) in [5, 5.41) is 0. The zero-order valence-electron chi connectivity index (χ0n) is 11.4. The number of hydrogen-bond donors (Lipinski definition) is 0. The number of likely N-dealkylation sites (tertiary alicyclic amines) is 1. The van der Waals surface area contributed by atoms with Gasteiger partial charge in [0.1, 0.15) is 5.82 Å². The lowest BCUT2D eigenvalue weighted by Gasteiger charge is -2.37. The van der Waals surface area contributed by atoms with E-state index in [2.05, 4.69) is 25.7 Å². The number of nitrogens with zero attached hydrogens (tertiary/aromatic N) is 1. The topological polar surface area (TPSA) is 3.24 Å². The van der Waals surface area contributed by atoms with Crippen molar-refractivity contribution < 1.29 is 4.39 Å². The lowest BCUT2D eigenvalue weighted by Crippen LogP contribution is -2.39. The van der Waals surface area contributed by atoms with Gasteiger partial charge in [-0.25, -0.2) is 4.39 Å². The molecule has 2 rings (SSSR count). The summed E-state index contributed by atoms with van der Waals surface area (Å²) in [5.41, 5.74) is 1.17. The molecular weight excluding hydrogens is 225 g/mol. The van der Waals surface area contributed by atoms with E-state index in [1.54, 1.807) is 0 Å². The summed E-state index contributed by atoms with van der Waals surface area (Å²) >= 11 is 0. The SMILES string of the molecule is [CH2]C(c1ccc(F)cc1)C1CCN(C(C)C)CC1. The van der Waals surface area contributed by atoms with Crippen molar-refractivity contribution in [3.63, 3.8) is 0 Å². The summed E-state index contributed by atoms with van der Waals surface area (Å²) < 4.78 is 12.9. The lowest BCUT2D eigenvalue weighted by atomic mass is 9.81. The third-order valence-electron chi connectivity index (χ3n) is 4.17. The van der Waals surface area contributed by atoms with E-state index in [4.69, 9.17) is 0 Å². The molecule has 99 valence electrons. The van der Waals surface area contributed by atoms with Crippen LogP contribution in [-0.4, -0.2) is 24.0 Å². The minimum Gasteiger partial charge on any atom is -0.301 e. The number of rotatable bonds is 3. The van der Waals surface area contributed by atoms with E-state index in [9.17, 15) is 4.39 Å². The van der Waals surface area contributed by atoms with Crippen LogP contribution in [0.5, 0.6) is 0 Å². The van der Waals surface area contributed by atoms with E-state index >= 15 is 0 Å². The third-order valence-corrected chi connectivity index (χ3v) is 4.17. The van der Waals surface area contributed by atoms with Crippen molar-refractivity contribution in [2.45, 2.75) is 38.6 Å². The maximum atomic E-state index is 12.9. The van der Waals surface area contributed by atoms with Crippen molar-refractivity contribution >= 4 is 0 Å². The molecule has 0 N–H and O–H groups in total. The van der Waals surface area contributed by atoms with Crippen molar-refractivity contribution in [1.82, 2.24) is 4.90 Å². The average molecular weight is 248 g/mol. The third kappa shape index (κ3) is 3.11. The lowest BCUT2D eigenvalue weighted by molar-refractivity contribution is 0.143. The first-order chi connectivity index (χ1) is 8.58. The molecule has 0 amide bonds. The fourth-order valence-corrected chi connectivity index (χ4v) is 2.82. The van der Waals surface area contributed by atoms with Crippen LogP contribution in [0.15, 0.2) is 24.3 Å². The second kappa shape index (κ2) is 5.83. The highest BCUT2D eigenvalue weighted by Gasteiger charge is 2.25. The summed E-state index contributed by atoms with van der Waals surface area (Å²) in [6.07, 6.45) is 2.40. The van der Waals surface area contributed by atoms with Crippen molar-refractivity contribution in [2.75, 3.05) is 13.1 Å². The van der Waals surface area contributed by atoms with Gasteiger partial charge in [0, 0.05) is 6.04 Å². The molecule has 1 aliphatic heterocycles. The van der Waals surface area contributed by atoms with Crippen LogP contribution < -0.4 is 0 Å². The molecule has 1 atom stereocenters. The molecule has 1 fully saturated rings. The molecule has 0 saturated carbocycles. The van der Waals surface area contributed by atoms with Gasteiger partial charge in [0.15, 0.2) is 0 Å².